The molecule has 2 rings (SSSR count). The molecule has 1 aromatic heterocycles. The van der Waals surface area contributed by atoms with Gasteiger partial charge < -0.3 is 10.1 Å². The molecule has 18 heavy (non-hydrogen) atoms. The van der Waals surface area contributed by atoms with Crippen LogP contribution in [0.5, 0.6) is 5.75 Å². The summed E-state index contributed by atoms with van der Waals surface area (Å²) in [5, 5.41) is 6.08. The second-order valence-electron chi connectivity index (χ2n) is 3.79. The van der Waals surface area contributed by atoms with Crippen molar-refractivity contribution in [1.82, 2.24) is 10.3 Å². The highest BCUT2D eigenvalue weighted by atomic mass is 32.1. The SMILES string of the molecule is CNCc1csc(CCOc2ccccc2F)n1. The van der Waals surface area contributed by atoms with Crippen LogP contribution < -0.4 is 10.1 Å². The molecule has 0 aliphatic rings. The molecule has 2 aromatic rings. The lowest BCUT2D eigenvalue weighted by Gasteiger charge is -2.05. The maximum atomic E-state index is 13.3. The van der Waals surface area contributed by atoms with Crippen LogP contribution >= 0.6 is 11.3 Å². The number of benzene rings is 1. The van der Waals surface area contributed by atoms with E-state index in [0.29, 0.717) is 18.8 Å². The van der Waals surface area contributed by atoms with E-state index in [1.165, 1.54) is 6.07 Å². The molecule has 1 heterocycles. The van der Waals surface area contributed by atoms with E-state index in [9.17, 15) is 4.39 Å². The smallest absolute Gasteiger partial charge is 0.165 e. The minimum atomic E-state index is -0.326. The summed E-state index contributed by atoms with van der Waals surface area (Å²) >= 11 is 1.60. The van der Waals surface area contributed by atoms with Crippen molar-refractivity contribution in [2.45, 2.75) is 13.0 Å². The molecule has 0 radical (unpaired) electrons. The molecule has 5 heteroatoms. The molecular weight excluding hydrogens is 251 g/mol. The number of ether oxygens (including phenoxy) is 1. The first kappa shape index (κ1) is 13.0. The molecule has 96 valence electrons. The van der Waals surface area contributed by atoms with Gasteiger partial charge in [0.25, 0.3) is 0 Å². The number of aromatic nitrogens is 1. The molecule has 0 atom stereocenters. The first-order valence-electron chi connectivity index (χ1n) is 5.75. The van der Waals surface area contributed by atoms with E-state index in [1.54, 1.807) is 29.5 Å². The van der Waals surface area contributed by atoms with Crippen LogP contribution in [0.4, 0.5) is 4.39 Å². The Kier molecular flexibility index (Phi) is 4.66. The van der Waals surface area contributed by atoms with E-state index in [0.717, 1.165) is 17.2 Å². The fourth-order valence-corrected chi connectivity index (χ4v) is 2.32. The summed E-state index contributed by atoms with van der Waals surface area (Å²) in [6.07, 6.45) is 0.697. The van der Waals surface area contributed by atoms with Crippen molar-refractivity contribution in [3.8, 4) is 5.75 Å². The van der Waals surface area contributed by atoms with Crippen LogP contribution in [0.1, 0.15) is 10.7 Å². The zero-order valence-electron chi connectivity index (χ0n) is 10.1. The third-order valence-electron chi connectivity index (χ3n) is 2.37. The zero-order chi connectivity index (χ0) is 12.8. The van der Waals surface area contributed by atoms with Crippen LogP contribution in [0, 0.1) is 5.82 Å². The first-order valence-corrected chi connectivity index (χ1v) is 6.63. The number of para-hydroxylation sites is 1. The third kappa shape index (κ3) is 3.51. The molecule has 0 amide bonds. The molecule has 0 saturated carbocycles. The lowest BCUT2D eigenvalue weighted by Crippen LogP contribution is -2.06. The van der Waals surface area contributed by atoms with Gasteiger partial charge in [0.1, 0.15) is 0 Å². The largest absolute Gasteiger partial charge is 0.490 e. The molecule has 0 aliphatic heterocycles. The fraction of sp³-hybridized carbons (Fsp3) is 0.308. The Morgan fingerprint density at radius 2 is 2.22 bits per heavy atom. The number of hydrogen-bond donors (Lipinski definition) is 1. The summed E-state index contributed by atoms with van der Waals surface area (Å²) in [5.74, 6) is -0.0305. The van der Waals surface area contributed by atoms with Crippen LogP contribution in [0.3, 0.4) is 0 Å². The Labute approximate surface area is 110 Å². The van der Waals surface area contributed by atoms with Gasteiger partial charge in [0.05, 0.1) is 17.3 Å². The Bertz CT molecular complexity index is 501. The number of nitrogens with zero attached hydrogens (tertiary/aromatic N) is 1. The number of rotatable bonds is 6. The summed E-state index contributed by atoms with van der Waals surface area (Å²) in [6.45, 7) is 1.21. The minimum absolute atomic E-state index is 0.296. The van der Waals surface area contributed by atoms with E-state index in [-0.39, 0.29) is 5.82 Å². The second kappa shape index (κ2) is 6.47. The van der Waals surface area contributed by atoms with Crippen molar-refractivity contribution in [3.63, 3.8) is 0 Å². The number of hydrogen-bond acceptors (Lipinski definition) is 4. The summed E-state index contributed by atoms with van der Waals surface area (Å²) in [4.78, 5) is 4.44. The topological polar surface area (TPSA) is 34.1 Å². The summed E-state index contributed by atoms with van der Waals surface area (Å²) < 4.78 is 18.7. The average Bonchev–Trinajstić information content (AvgIpc) is 2.80. The van der Waals surface area contributed by atoms with Gasteiger partial charge in [-0.05, 0) is 19.2 Å². The van der Waals surface area contributed by atoms with E-state index in [2.05, 4.69) is 10.3 Å². The lowest BCUT2D eigenvalue weighted by atomic mass is 10.3. The summed E-state index contributed by atoms with van der Waals surface area (Å²) in [5.41, 5.74) is 1.03. The number of halogens is 1. The predicted molar refractivity (Wildman–Crippen MR) is 70.5 cm³/mol. The Morgan fingerprint density at radius 1 is 1.39 bits per heavy atom. The molecule has 0 unspecified atom stereocenters. The molecule has 1 aromatic carbocycles. The van der Waals surface area contributed by atoms with Gasteiger partial charge in [-0.25, -0.2) is 9.37 Å². The zero-order valence-corrected chi connectivity index (χ0v) is 11.0. The molecule has 3 nitrogen and oxygen atoms in total. The van der Waals surface area contributed by atoms with E-state index < -0.39 is 0 Å². The highest BCUT2D eigenvalue weighted by Crippen LogP contribution is 2.16. The third-order valence-corrected chi connectivity index (χ3v) is 3.32. The van der Waals surface area contributed by atoms with Crippen LogP contribution in [-0.2, 0) is 13.0 Å². The Morgan fingerprint density at radius 3 is 3.00 bits per heavy atom. The average molecular weight is 266 g/mol. The van der Waals surface area contributed by atoms with Crippen molar-refractivity contribution < 1.29 is 9.13 Å². The molecule has 0 spiro atoms. The van der Waals surface area contributed by atoms with Gasteiger partial charge in [0.2, 0.25) is 0 Å². The molecular formula is C13H15FN2OS. The maximum absolute atomic E-state index is 13.3. The van der Waals surface area contributed by atoms with Crippen molar-refractivity contribution in [1.29, 1.82) is 0 Å². The standard InChI is InChI=1S/C13H15FN2OS/c1-15-8-10-9-18-13(16-10)6-7-17-12-5-3-2-4-11(12)14/h2-5,9,15H,6-8H2,1H3. The second-order valence-corrected chi connectivity index (χ2v) is 4.73. The summed E-state index contributed by atoms with van der Waals surface area (Å²) in [7, 11) is 1.89. The van der Waals surface area contributed by atoms with Crippen molar-refractivity contribution >= 4 is 11.3 Å². The molecule has 0 saturated heterocycles. The van der Waals surface area contributed by atoms with Gasteiger partial charge in [0.15, 0.2) is 11.6 Å². The van der Waals surface area contributed by atoms with Crippen LogP contribution in [0.15, 0.2) is 29.6 Å². The quantitative estimate of drug-likeness (QED) is 0.872. The summed E-state index contributed by atoms with van der Waals surface area (Å²) in [6, 6.07) is 6.42. The highest BCUT2D eigenvalue weighted by Gasteiger charge is 2.04. The fourth-order valence-electron chi connectivity index (χ4n) is 1.54. The first-order chi connectivity index (χ1) is 8.79. The Balaban J connectivity index is 1.83. The minimum Gasteiger partial charge on any atom is -0.490 e. The highest BCUT2D eigenvalue weighted by molar-refractivity contribution is 7.09. The normalized spacial score (nSPS) is 10.6. The monoisotopic (exact) mass is 266 g/mol. The Hall–Kier alpha value is -1.46. The van der Waals surface area contributed by atoms with Gasteiger partial charge in [0, 0.05) is 18.3 Å². The maximum Gasteiger partial charge on any atom is 0.165 e. The molecule has 0 bridgehead atoms. The molecule has 0 aliphatic carbocycles. The van der Waals surface area contributed by atoms with Crippen LogP contribution in [-0.4, -0.2) is 18.6 Å². The van der Waals surface area contributed by atoms with E-state index in [4.69, 9.17) is 4.74 Å². The predicted octanol–water partition coefficient (Wildman–Crippen LogP) is 2.62. The van der Waals surface area contributed by atoms with Crippen molar-refractivity contribution in [3.05, 3.63) is 46.2 Å². The molecule has 0 fully saturated rings. The number of nitrogens with one attached hydrogen (secondary N) is 1. The van der Waals surface area contributed by atoms with Gasteiger partial charge in [-0.3, -0.25) is 0 Å². The lowest BCUT2D eigenvalue weighted by molar-refractivity contribution is 0.305. The van der Waals surface area contributed by atoms with Crippen molar-refractivity contribution in [2.75, 3.05) is 13.7 Å². The van der Waals surface area contributed by atoms with Gasteiger partial charge >= 0.3 is 0 Å². The molecule has 1 N–H and O–H groups in total. The van der Waals surface area contributed by atoms with Crippen LogP contribution in [0.2, 0.25) is 0 Å². The van der Waals surface area contributed by atoms with E-state index in [1.807, 2.05) is 12.4 Å². The van der Waals surface area contributed by atoms with Gasteiger partial charge in [-0.1, -0.05) is 12.1 Å². The van der Waals surface area contributed by atoms with Gasteiger partial charge in [-0.2, -0.15) is 0 Å². The van der Waals surface area contributed by atoms with Crippen molar-refractivity contribution in [2.24, 2.45) is 0 Å². The number of thiazole rings is 1. The van der Waals surface area contributed by atoms with Crippen LogP contribution in [0.25, 0.3) is 0 Å². The van der Waals surface area contributed by atoms with Gasteiger partial charge in [-0.15, -0.1) is 11.3 Å². The van der Waals surface area contributed by atoms with E-state index >= 15 is 0 Å².